The summed E-state index contributed by atoms with van der Waals surface area (Å²) in [6.07, 6.45) is 1.80. The third kappa shape index (κ3) is 4.83. The highest BCUT2D eigenvalue weighted by molar-refractivity contribution is 5.95. The van der Waals surface area contributed by atoms with Gasteiger partial charge in [0, 0.05) is 23.5 Å². The van der Waals surface area contributed by atoms with Crippen molar-refractivity contribution in [3.63, 3.8) is 0 Å². The van der Waals surface area contributed by atoms with Crippen molar-refractivity contribution in [1.82, 2.24) is 25.0 Å². The quantitative estimate of drug-likeness (QED) is 0.376. The molecule has 11 nitrogen and oxygen atoms in total. The van der Waals surface area contributed by atoms with Crippen LogP contribution in [0.4, 0.5) is 5.82 Å². The molecule has 1 atom stereocenters. The van der Waals surface area contributed by atoms with Crippen LogP contribution < -0.4 is 20.5 Å². The van der Waals surface area contributed by atoms with Gasteiger partial charge >= 0.3 is 0 Å². The van der Waals surface area contributed by atoms with Gasteiger partial charge in [-0.05, 0) is 31.5 Å². The Morgan fingerprint density at radius 1 is 1.16 bits per heavy atom. The first kappa shape index (κ1) is 23.9. The number of aromatic nitrogens is 5. The summed E-state index contributed by atoms with van der Waals surface area (Å²) in [6, 6.07) is 15.0. The topological polar surface area (TPSA) is 147 Å². The zero-order valence-electron chi connectivity index (χ0n) is 20.3. The Kier molecular flexibility index (Phi) is 6.50. The first-order valence-corrected chi connectivity index (χ1v) is 11.8. The van der Waals surface area contributed by atoms with Gasteiger partial charge in [0.05, 0.1) is 24.2 Å². The van der Waals surface area contributed by atoms with Crippen LogP contribution in [0.15, 0.2) is 54.7 Å². The minimum absolute atomic E-state index is 0.169. The first-order chi connectivity index (χ1) is 17.9. The zero-order valence-corrected chi connectivity index (χ0v) is 20.3. The number of carbonyl (C=O) groups excluding carboxylic acids is 2. The maximum Gasteiger partial charge on any atom is 0.272 e. The molecule has 0 aliphatic carbocycles. The average molecular weight is 500 g/mol. The number of anilines is 1. The number of primary amides is 1. The highest BCUT2D eigenvalue weighted by atomic mass is 16.5. The van der Waals surface area contributed by atoms with Crippen LogP contribution in [0.1, 0.15) is 36.1 Å². The number of amides is 2. The molecule has 188 valence electrons. The summed E-state index contributed by atoms with van der Waals surface area (Å²) in [7, 11) is 0. The average Bonchev–Trinajstić information content (AvgIpc) is 3.24. The second-order valence-electron chi connectivity index (χ2n) is 8.47. The summed E-state index contributed by atoms with van der Waals surface area (Å²) in [4.78, 5) is 28.6. The number of hydrogen-bond acceptors (Lipinski definition) is 8. The molecule has 2 amide bonds. The molecule has 3 N–H and O–H groups in total. The molecule has 0 saturated carbocycles. The fourth-order valence-electron chi connectivity index (χ4n) is 4.39. The minimum Gasteiger partial charge on any atom is -0.490 e. The lowest BCUT2D eigenvalue weighted by Gasteiger charge is -2.25. The Labute approximate surface area is 212 Å². The van der Waals surface area contributed by atoms with Gasteiger partial charge in [0.2, 0.25) is 5.91 Å². The molecular weight excluding hydrogens is 474 g/mol. The van der Waals surface area contributed by atoms with Crippen molar-refractivity contribution in [2.45, 2.75) is 26.2 Å². The van der Waals surface area contributed by atoms with Crippen molar-refractivity contribution in [3.8, 4) is 28.7 Å². The molecule has 0 spiro atoms. The lowest BCUT2D eigenvalue weighted by molar-refractivity contribution is -0.120. The first-order valence-electron chi connectivity index (χ1n) is 11.8. The number of aryl methyl sites for hydroxylation is 1. The molecule has 11 heteroatoms. The molecule has 0 bridgehead atoms. The Morgan fingerprint density at radius 2 is 1.97 bits per heavy atom. The van der Waals surface area contributed by atoms with Crippen molar-refractivity contribution in [2.75, 3.05) is 18.5 Å². The number of fused-ring (bicyclic) bond motifs is 1. The van der Waals surface area contributed by atoms with E-state index < -0.39 is 5.91 Å². The van der Waals surface area contributed by atoms with E-state index in [0.717, 1.165) is 22.4 Å². The van der Waals surface area contributed by atoms with Crippen molar-refractivity contribution in [3.05, 3.63) is 71.5 Å². The monoisotopic (exact) mass is 499 g/mol. The second kappa shape index (κ2) is 10.1. The summed E-state index contributed by atoms with van der Waals surface area (Å²) >= 11 is 0. The molecule has 5 rings (SSSR count). The summed E-state index contributed by atoms with van der Waals surface area (Å²) in [5.41, 5.74) is 9.15. The highest BCUT2D eigenvalue weighted by Crippen LogP contribution is 2.42. The predicted octanol–water partition coefficient (Wildman–Crippen LogP) is 2.77. The molecule has 0 fully saturated rings. The molecule has 2 aromatic heterocycles. The Morgan fingerprint density at radius 3 is 2.73 bits per heavy atom. The summed E-state index contributed by atoms with van der Waals surface area (Å²) < 4.78 is 12.8. The third-order valence-electron chi connectivity index (χ3n) is 5.95. The van der Waals surface area contributed by atoms with Gasteiger partial charge in [0.1, 0.15) is 5.82 Å². The van der Waals surface area contributed by atoms with Crippen LogP contribution in [0.5, 0.6) is 11.5 Å². The van der Waals surface area contributed by atoms with Crippen molar-refractivity contribution >= 4 is 17.6 Å². The van der Waals surface area contributed by atoms with E-state index in [0.29, 0.717) is 29.6 Å². The van der Waals surface area contributed by atoms with Gasteiger partial charge in [-0.3, -0.25) is 9.59 Å². The normalized spacial score (nSPS) is 14.5. The van der Waals surface area contributed by atoms with Gasteiger partial charge in [0.25, 0.3) is 11.9 Å². The third-order valence-corrected chi connectivity index (χ3v) is 5.95. The molecule has 2 aromatic carbocycles. The van der Waals surface area contributed by atoms with E-state index >= 15 is 0 Å². The van der Waals surface area contributed by atoms with Crippen molar-refractivity contribution in [2.24, 2.45) is 5.73 Å². The summed E-state index contributed by atoms with van der Waals surface area (Å²) in [5.74, 6) is 0.548. The van der Waals surface area contributed by atoms with Crippen LogP contribution >= 0.6 is 0 Å². The molecule has 4 aromatic rings. The largest absolute Gasteiger partial charge is 0.490 e. The standard InChI is InChI=1S/C26H25N7O4/c1-3-36-21-11-17(9-10-20(21)37-14-22(27)34)18-12-23(35)30-25-24(18)15(2)32-33(25)26-29-19(13-28-31-26)16-7-5-4-6-8-16/h4-11,13,18H,3,12,14H2,1-2H3,(H2,27,34)(H,30,35). The fraction of sp³-hybridized carbons (Fsp3) is 0.231. The molecule has 0 radical (unpaired) electrons. The van der Waals surface area contributed by atoms with Gasteiger partial charge in [-0.2, -0.15) is 14.9 Å². The predicted molar refractivity (Wildman–Crippen MR) is 135 cm³/mol. The zero-order chi connectivity index (χ0) is 25.9. The van der Waals surface area contributed by atoms with E-state index in [1.165, 1.54) is 4.68 Å². The van der Waals surface area contributed by atoms with E-state index in [4.69, 9.17) is 15.2 Å². The minimum atomic E-state index is -0.587. The highest BCUT2D eigenvalue weighted by Gasteiger charge is 2.34. The lowest BCUT2D eigenvalue weighted by Crippen LogP contribution is -2.25. The Balaban J connectivity index is 1.55. The number of nitrogens with zero attached hydrogens (tertiary/aromatic N) is 5. The molecule has 1 unspecified atom stereocenters. The Hall–Kier alpha value is -4.80. The SMILES string of the molecule is CCOc1cc(C2CC(=O)Nc3c2c(C)nn3-c2nncc(-c3ccccc3)n2)ccc1OCC(N)=O. The van der Waals surface area contributed by atoms with Gasteiger partial charge in [-0.1, -0.05) is 36.4 Å². The maximum atomic E-state index is 12.8. The van der Waals surface area contributed by atoms with E-state index in [1.54, 1.807) is 12.3 Å². The van der Waals surface area contributed by atoms with Crippen molar-refractivity contribution in [1.29, 1.82) is 0 Å². The molecule has 37 heavy (non-hydrogen) atoms. The summed E-state index contributed by atoms with van der Waals surface area (Å²) in [5, 5.41) is 15.9. The summed E-state index contributed by atoms with van der Waals surface area (Å²) in [6.45, 7) is 3.85. The number of nitrogens with one attached hydrogen (secondary N) is 1. The number of benzene rings is 2. The van der Waals surface area contributed by atoms with Crippen molar-refractivity contribution < 1.29 is 19.1 Å². The number of carbonyl (C=O) groups is 2. The van der Waals surface area contributed by atoms with Gasteiger partial charge in [0.15, 0.2) is 18.1 Å². The smallest absolute Gasteiger partial charge is 0.272 e. The molecular formula is C26H25N7O4. The molecule has 1 aliphatic rings. The van der Waals surface area contributed by atoms with Crippen LogP contribution in [-0.4, -0.2) is 50.0 Å². The van der Waals surface area contributed by atoms with E-state index in [2.05, 4.69) is 25.6 Å². The van der Waals surface area contributed by atoms with Crippen LogP contribution in [0, 0.1) is 6.92 Å². The number of nitrogens with two attached hydrogens (primary N) is 1. The van der Waals surface area contributed by atoms with Gasteiger partial charge in [-0.15, -0.1) is 5.10 Å². The number of rotatable bonds is 8. The van der Waals surface area contributed by atoms with Gasteiger partial charge < -0.3 is 20.5 Å². The van der Waals surface area contributed by atoms with E-state index in [-0.39, 0.29) is 30.8 Å². The molecule has 1 aliphatic heterocycles. The number of ether oxygens (including phenoxy) is 2. The van der Waals surface area contributed by atoms with Gasteiger partial charge in [-0.25, -0.2) is 4.98 Å². The lowest BCUT2D eigenvalue weighted by atomic mass is 9.85. The fourth-order valence-corrected chi connectivity index (χ4v) is 4.39. The number of hydrogen-bond donors (Lipinski definition) is 2. The van der Waals surface area contributed by atoms with E-state index in [1.807, 2.05) is 56.3 Å². The Bertz CT molecular complexity index is 1470. The van der Waals surface area contributed by atoms with Crippen LogP contribution in [0.2, 0.25) is 0 Å². The molecule has 0 saturated heterocycles. The molecule has 3 heterocycles. The van der Waals surface area contributed by atoms with Crippen LogP contribution in [-0.2, 0) is 9.59 Å². The van der Waals surface area contributed by atoms with E-state index in [9.17, 15) is 9.59 Å². The second-order valence-corrected chi connectivity index (χ2v) is 8.47. The van der Waals surface area contributed by atoms with Crippen LogP contribution in [0.3, 0.4) is 0 Å². The maximum absolute atomic E-state index is 12.8. The van der Waals surface area contributed by atoms with Crippen LogP contribution in [0.25, 0.3) is 17.2 Å².